The van der Waals surface area contributed by atoms with Crippen LogP contribution in [0.2, 0.25) is 0 Å². The third-order valence-corrected chi connectivity index (χ3v) is 3.50. The number of imidazole rings is 1. The fourth-order valence-electron chi connectivity index (χ4n) is 2.48. The summed E-state index contributed by atoms with van der Waals surface area (Å²) in [6.45, 7) is 2.86. The SMILES string of the molecule is Cc1[nH]cnc1CNC1CCCc2occc21. The highest BCUT2D eigenvalue weighted by Crippen LogP contribution is 2.30. The number of nitrogens with zero attached hydrogens (tertiary/aromatic N) is 1. The summed E-state index contributed by atoms with van der Waals surface area (Å²) in [6, 6.07) is 2.50. The van der Waals surface area contributed by atoms with Gasteiger partial charge in [-0.2, -0.15) is 0 Å². The van der Waals surface area contributed by atoms with Crippen LogP contribution >= 0.6 is 0 Å². The number of furan rings is 1. The van der Waals surface area contributed by atoms with Crippen molar-refractivity contribution in [1.82, 2.24) is 15.3 Å². The van der Waals surface area contributed by atoms with Crippen molar-refractivity contribution in [3.05, 3.63) is 41.4 Å². The molecular weight excluding hydrogens is 214 g/mol. The topological polar surface area (TPSA) is 53.9 Å². The van der Waals surface area contributed by atoms with Crippen molar-refractivity contribution in [2.45, 2.75) is 38.8 Å². The summed E-state index contributed by atoms with van der Waals surface area (Å²) in [6.07, 6.45) is 6.98. The molecule has 17 heavy (non-hydrogen) atoms. The summed E-state index contributed by atoms with van der Waals surface area (Å²) in [4.78, 5) is 7.40. The van der Waals surface area contributed by atoms with E-state index in [1.807, 2.05) is 6.92 Å². The van der Waals surface area contributed by atoms with Crippen LogP contribution < -0.4 is 5.32 Å². The average molecular weight is 231 g/mol. The third kappa shape index (κ3) is 2.00. The van der Waals surface area contributed by atoms with Gasteiger partial charge in [0, 0.05) is 30.3 Å². The van der Waals surface area contributed by atoms with Crippen LogP contribution in [-0.2, 0) is 13.0 Å². The summed E-state index contributed by atoms with van der Waals surface area (Å²) in [5.74, 6) is 1.15. The monoisotopic (exact) mass is 231 g/mol. The summed E-state index contributed by atoms with van der Waals surface area (Å²) < 4.78 is 5.49. The largest absolute Gasteiger partial charge is 0.469 e. The minimum Gasteiger partial charge on any atom is -0.469 e. The van der Waals surface area contributed by atoms with Crippen LogP contribution in [0.15, 0.2) is 23.1 Å². The van der Waals surface area contributed by atoms with Gasteiger partial charge in [-0.15, -0.1) is 0 Å². The van der Waals surface area contributed by atoms with E-state index in [1.165, 1.54) is 18.4 Å². The number of aryl methyl sites for hydroxylation is 2. The molecule has 90 valence electrons. The van der Waals surface area contributed by atoms with E-state index in [-0.39, 0.29) is 0 Å². The van der Waals surface area contributed by atoms with Gasteiger partial charge in [0.2, 0.25) is 0 Å². The molecule has 2 aromatic rings. The Hall–Kier alpha value is -1.55. The van der Waals surface area contributed by atoms with E-state index in [9.17, 15) is 0 Å². The summed E-state index contributed by atoms with van der Waals surface area (Å²) in [5.41, 5.74) is 3.56. The lowest BCUT2D eigenvalue weighted by Crippen LogP contribution is -2.24. The summed E-state index contributed by atoms with van der Waals surface area (Å²) in [5, 5.41) is 3.56. The van der Waals surface area contributed by atoms with Crippen molar-refractivity contribution >= 4 is 0 Å². The van der Waals surface area contributed by atoms with Gasteiger partial charge in [0.05, 0.1) is 18.3 Å². The van der Waals surface area contributed by atoms with Crippen LogP contribution in [0.3, 0.4) is 0 Å². The maximum atomic E-state index is 5.49. The van der Waals surface area contributed by atoms with Gasteiger partial charge >= 0.3 is 0 Å². The van der Waals surface area contributed by atoms with Gasteiger partial charge in [-0.25, -0.2) is 4.98 Å². The lowest BCUT2D eigenvalue weighted by atomic mass is 9.93. The first-order valence-corrected chi connectivity index (χ1v) is 6.13. The molecule has 0 spiro atoms. The molecule has 2 heterocycles. The Morgan fingerprint density at radius 3 is 3.35 bits per heavy atom. The zero-order valence-corrected chi connectivity index (χ0v) is 9.99. The lowest BCUT2D eigenvalue weighted by Gasteiger charge is -2.22. The number of hydrogen-bond donors (Lipinski definition) is 2. The maximum absolute atomic E-state index is 5.49. The van der Waals surface area contributed by atoms with Gasteiger partial charge in [-0.05, 0) is 25.8 Å². The first kappa shape index (κ1) is 10.6. The molecule has 0 aromatic carbocycles. The minimum absolute atomic E-state index is 0.411. The first-order valence-electron chi connectivity index (χ1n) is 6.13. The molecule has 3 rings (SSSR count). The Balaban J connectivity index is 1.70. The van der Waals surface area contributed by atoms with Crippen LogP contribution in [0.1, 0.15) is 41.6 Å². The van der Waals surface area contributed by atoms with Crippen molar-refractivity contribution < 1.29 is 4.42 Å². The molecule has 0 saturated heterocycles. The normalized spacial score (nSPS) is 19.2. The Morgan fingerprint density at radius 2 is 2.53 bits per heavy atom. The molecule has 2 N–H and O–H groups in total. The standard InChI is InChI=1S/C13H17N3O/c1-9-12(16-8-15-9)7-14-11-3-2-4-13-10(11)5-6-17-13/h5-6,8,11,14H,2-4,7H2,1H3,(H,15,16). The second-order valence-electron chi connectivity index (χ2n) is 4.60. The molecule has 1 unspecified atom stereocenters. The molecule has 0 bridgehead atoms. The van der Waals surface area contributed by atoms with E-state index < -0.39 is 0 Å². The molecule has 4 heteroatoms. The third-order valence-electron chi connectivity index (χ3n) is 3.50. The highest BCUT2D eigenvalue weighted by molar-refractivity contribution is 5.24. The van der Waals surface area contributed by atoms with Gasteiger partial charge in [0.15, 0.2) is 0 Å². The van der Waals surface area contributed by atoms with Gasteiger partial charge in [-0.3, -0.25) is 0 Å². The minimum atomic E-state index is 0.411. The molecule has 0 saturated carbocycles. The number of nitrogens with one attached hydrogen (secondary N) is 2. The van der Waals surface area contributed by atoms with Gasteiger partial charge < -0.3 is 14.7 Å². The fourth-order valence-corrected chi connectivity index (χ4v) is 2.48. The smallest absolute Gasteiger partial charge is 0.108 e. The average Bonchev–Trinajstić information content (AvgIpc) is 2.95. The van der Waals surface area contributed by atoms with Crippen molar-refractivity contribution in [3.63, 3.8) is 0 Å². The number of hydrogen-bond acceptors (Lipinski definition) is 3. The predicted octanol–water partition coefficient (Wildman–Crippen LogP) is 2.48. The molecule has 0 amide bonds. The van der Waals surface area contributed by atoms with Crippen molar-refractivity contribution in [1.29, 1.82) is 0 Å². The van der Waals surface area contributed by atoms with Crippen molar-refractivity contribution in [2.75, 3.05) is 0 Å². The highest BCUT2D eigenvalue weighted by Gasteiger charge is 2.22. The van der Waals surface area contributed by atoms with E-state index in [2.05, 4.69) is 21.4 Å². The number of fused-ring (bicyclic) bond motifs is 1. The zero-order valence-electron chi connectivity index (χ0n) is 9.99. The zero-order chi connectivity index (χ0) is 11.7. The number of aromatic nitrogens is 2. The Kier molecular flexibility index (Phi) is 2.73. The van der Waals surface area contributed by atoms with Gasteiger partial charge in [0.1, 0.15) is 5.76 Å². The van der Waals surface area contributed by atoms with Crippen LogP contribution in [0, 0.1) is 6.92 Å². The second-order valence-corrected chi connectivity index (χ2v) is 4.60. The Labute approximate surface area is 100 Å². The van der Waals surface area contributed by atoms with Crippen LogP contribution in [-0.4, -0.2) is 9.97 Å². The molecule has 0 radical (unpaired) electrons. The van der Waals surface area contributed by atoms with E-state index in [1.54, 1.807) is 12.6 Å². The molecule has 2 aromatic heterocycles. The number of rotatable bonds is 3. The van der Waals surface area contributed by atoms with E-state index in [4.69, 9.17) is 4.42 Å². The van der Waals surface area contributed by atoms with Crippen LogP contribution in [0.25, 0.3) is 0 Å². The Bertz CT molecular complexity index is 500. The summed E-state index contributed by atoms with van der Waals surface area (Å²) in [7, 11) is 0. The fraction of sp³-hybridized carbons (Fsp3) is 0.462. The molecular formula is C13H17N3O. The van der Waals surface area contributed by atoms with Gasteiger partial charge in [-0.1, -0.05) is 0 Å². The number of aromatic amines is 1. The molecule has 0 fully saturated rings. The quantitative estimate of drug-likeness (QED) is 0.853. The lowest BCUT2D eigenvalue weighted by molar-refractivity contribution is 0.409. The van der Waals surface area contributed by atoms with E-state index >= 15 is 0 Å². The molecule has 4 nitrogen and oxygen atoms in total. The van der Waals surface area contributed by atoms with Gasteiger partial charge in [0.25, 0.3) is 0 Å². The number of H-pyrrole nitrogens is 1. The molecule has 0 aliphatic heterocycles. The van der Waals surface area contributed by atoms with Crippen molar-refractivity contribution in [2.24, 2.45) is 0 Å². The molecule has 1 aliphatic carbocycles. The van der Waals surface area contributed by atoms with E-state index in [0.717, 1.165) is 30.1 Å². The van der Waals surface area contributed by atoms with Crippen LogP contribution in [0.4, 0.5) is 0 Å². The highest BCUT2D eigenvalue weighted by atomic mass is 16.3. The second kappa shape index (κ2) is 4.37. The van der Waals surface area contributed by atoms with Crippen LogP contribution in [0.5, 0.6) is 0 Å². The van der Waals surface area contributed by atoms with E-state index in [0.29, 0.717) is 6.04 Å². The Morgan fingerprint density at radius 1 is 1.59 bits per heavy atom. The van der Waals surface area contributed by atoms with Crippen molar-refractivity contribution in [3.8, 4) is 0 Å². The maximum Gasteiger partial charge on any atom is 0.108 e. The summed E-state index contributed by atoms with van der Waals surface area (Å²) >= 11 is 0. The predicted molar refractivity (Wildman–Crippen MR) is 64.6 cm³/mol. The first-order chi connectivity index (χ1) is 8.34. The molecule has 1 aliphatic rings. The molecule has 1 atom stereocenters.